The Balaban J connectivity index is 2.44. The molecule has 0 saturated heterocycles. The summed E-state index contributed by atoms with van der Waals surface area (Å²) in [5.41, 5.74) is 0. The van der Waals surface area contributed by atoms with Crippen molar-refractivity contribution >= 4 is 11.8 Å². The Morgan fingerprint density at radius 1 is 1.27 bits per heavy atom. The molecule has 1 saturated carbocycles. The standard InChI is InChI=1S/C21H36O5/c1-3-8-15(2)13-16(22)11-12-18-17(19(23)14-20(18)24)9-6-4-5-7-10-21(25)26/h11-12,15-18,20,22,24H,3-10,13-14H2,1-2H3,(H,25,26)/b12-11+/t15?,16-,17-,18-,20-/m1/s1. The van der Waals surface area contributed by atoms with E-state index in [0.29, 0.717) is 18.8 Å². The molecule has 1 aliphatic rings. The van der Waals surface area contributed by atoms with Crippen molar-refractivity contribution in [3.63, 3.8) is 0 Å². The molecule has 5 heteroatoms. The molecule has 5 atom stereocenters. The van der Waals surface area contributed by atoms with Crippen molar-refractivity contribution in [2.45, 2.75) is 90.3 Å². The van der Waals surface area contributed by atoms with Crippen LogP contribution in [-0.2, 0) is 9.59 Å². The van der Waals surface area contributed by atoms with Gasteiger partial charge in [-0.1, -0.05) is 58.1 Å². The SMILES string of the molecule is CCCC(C)C[C@H](O)/C=C/[C@H]1[C@H](O)CC(=O)[C@@H]1CCCCCCC(=O)O. The van der Waals surface area contributed by atoms with E-state index in [2.05, 4.69) is 13.8 Å². The van der Waals surface area contributed by atoms with Crippen LogP contribution >= 0.6 is 0 Å². The molecule has 1 fully saturated rings. The molecule has 0 bridgehead atoms. The molecule has 3 N–H and O–H groups in total. The van der Waals surface area contributed by atoms with E-state index < -0.39 is 18.2 Å². The second-order valence-corrected chi connectivity index (χ2v) is 7.85. The molecule has 0 aliphatic heterocycles. The summed E-state index contributed by atoms with van der Waals surface area (Å²) >= 11 is 0. The fourth-order valence-corrected chi connectivity index (χ4v) is 3.94. The molecule has 150 valence electrons. The van der Waals surface area contributed by atoms with E-state index in [1.807, 2.05) is 6.08 Å². The van der Waals surface area contributed by atoms with Crippen molar-refractivity contribution in [1.29, 1.82) is 0 Å². The molecule has 0 aromatic carbocycles. The van der Waals surface area contributed by atoms with Crippen LogP contribution in [0.3, 0.4) is 0 Å². The molecule has 1 rings (SSSR count). The van der Waals surface area contributed by atoms with Gasteiger partial charge in [0, 0.05) is 24.7 Å². The molecule has 1 aliphatic carbocycles. The minimum atomic E-state index is -0.767. The lowest BCUT2D eigenvalue weighted by molar-refractivity contribution is -0.137. The number of carboxylic acid groups (broad SMARTS) is 1. The topological polar surface area (TPSA) is 94.8 Å². The van der Waals surface area contributed by atoms with E-state index in [0.717, 1.165) is 38.5 Å². The maximum Gasteiger partial charge on any atom is 0.303 e. The number of unbranched alkanes of at least 4 members (excludes halogenated alkanes) is 3. The van der Waals surface area contributed by atoms with Gasteiger partial charge >= 0.3 is 5.97 Å². The van der Waals surface area contributed by atoms with Crippen LogP contribution in [0.2, 0.25) is 0 Å². The Bertz CT molecular complexity index is 459. The molecule has 0 aromatic heterocycles. The molecular weight excluding hydrogens is 332 g/mol. The van der Waals surface area contributed by atoms with Crippen molar-refractivity contribution in [2.24, 2.45) is 17.8 Å². The predicted molar refractivity (Wildman–Crippen MR) is 102 cm³/mol. The minimum absolute atomic E-state index is 0.103. The van der Waals surface area contributed by atoms with Gasteiger partial charge in [-0.15, -0.1) is 0 Å². The average molecular weight is 369 g/mol. The first-order valence-corrected chi connectivity index (χ1v) is 10.1. The van der Waals surface area contributed by atoms with Crippen LogP contribution < -0.4 is 0 Å². The number of rotatable bonds is 13. The number of ketones is 1. The fraction of sp³-hybridized carbons (Fsp3) is 0.810. The van der Waals surface area contributed by atoms with Gasteiger partial charge in [0.2, 0.25) is 0 Å². The minimum Gasteiger partial charge on any atom is -0.481 e. The summed E-state index contributed by atoms with van der Waals surface area (Å²) in [7, 11) is 0. The number of carbonyl (C=O) groups is 2. The summed E-state index contributed by atoms with van der Waals surface area (Å²) in [6.45, 7) is 4.26. The second-order valence-electron chi connectivity index (χ2n) is 7.85. The van der Waals surface area contributed by atoms with Gasteiger partial charge in [-0.25, -0.2) is 0 Å². The summed E-state index contributed by atoms with van der Waals surface area (Å²) in [6.07, 6.45) is 9.69. The number of Topliss-reactive ketones (excluding diaryl/α,β-unsaturated/α-hetero) is 1. The van der Waals surface area contributed by atoms with E-state index in [4.69, 9.17) is 5.11 Å². The summed E-state index contributed by atoms with van der Waals surface area (Å²) in [4.78, 5) is 22.7. The van der Waals surface area contributed by atoms with E-state index in [1.54, 1.807) is 6.08 Å². The first-order valence-electron chi connectivity index (χ1n) is 10.1. The number of aliphatic hydroxyl groups is 2. The van der Waals surface area contributed by atoms with E-state index in [1.165, 1.54) is 0 Å². The third-order valence-electron chi connectivity index (χ3n) is 5.37. The zero-order valence-electron chi connectivity index (χ0n) is 16.3. The molecule has 0 aromatic rings. The largest absolute Gasteiger partial charge is 0.481 e. The Labute approximate surface area is 157 Å². The Morgan fingerprint density at radius 2 is 1.96 bits per heavy atom. The highest BCUT2D eigenvalue weighted by Crippen LogP contribution is 2.34. The molecule has 0 spiro atoms. The lowest BCUT2D eigenvalue weighted by atomic mass is 9.88. The van der Waals surface area contributed by atoms with Crippen molar-refractivity contribution in [2.75, 3.05) is 0 Å². The third kappa shape index (κ3) is 8.45. The second kappa shape index (κ2) is 12.2. The normalized spacial score (nSPS) is 25.7. The van der Waals surface area contributed by atoms with Gasteiger partial charge in [-0.05, 0) is 25.2 Å². The zero-order valence-corrected chi connectivity index (χ0v) is 16.3. The summed E-state index contributed by atoms with van der Waals surface area (Å²) in [5, 5.41) is 29.0. The molecule has 0 heterocycles. The van der Waals surface area contributed by atoms with Gasteiger partial charge in [0.15, 0.2) is 0 Å². The first-order chi connectivity index (χ1) is 12.3. The lowest BCUT2D eigenvalue weighted by Gasteiger charge is -2.18. The van der Waals surface area contributed by atoms with Gasteiger partial charge < -0.3 is 15.3 Å². The van der Waals surface area contributed by atoms with E-state index >= 15 is 0 Å². The van der Waals surface area contributed by atoms with Gasteiger partial charge in [-0.2, -0.15) is 0 Å². The molecule has 26 heavy (non-hydrogen) atoms. The van der Waals surface area contributed by atoms with Crippen LogP contribution in [0.25, 0.3) is 0 Å². The molecule has 0 radical (unpaired) electrons. The van der Waals surface area contributed by atoms with Gasteiger partial charge in [0.25, 0.3) is 0 Å². The fourth-order valence-electron chi connectivity index (χ4n) is 3.94. The Hall–Kier alpha value is -1.20. The molecule has 0 amide bonds. The van der Waals surface area contributed by atoms with Gasteiger partial charge in [0.1, 0.15) is 5.78 Å². The first kappa shape index (κ1) is 22.8. The van der Waals surface area contributed by atoms with Gasteiger partial charge in [-0.3, -0.25) is 9.59 Å². The third-order valence-corrected chi connectivity index (χ3v) is 5.37. The number of carboxylic acids is 1. The smallest absolute Gasteiger partial charge is 0.303 e. The van der Waals surface area contributed by atoms with Crippen LogP contribution in [0.15, 0.2) is 12.2 Å². The van der Waals surface area contributed by atoms with Crippen molar-refractivity contribution in [1.82, 2.24) is 0 Å². The lowest BCUT2D eigenvalue weighted by Crippen LogP contribution is -2.19. The summed E-state index contributed by atoms with van der Waals surface area (Å²) in [6, 6.07) is 0. The van der Waals surface area contributed by atoms with E-state index in [-0.39, 0.29) is 30.5 Å². The van der Waals surface area contributed by atoms with Gasteiger partial charge in [0.05, 0.1) is 12.2 Å². The van der Waals surface area contributed by atoms with Crippen molar-refractivity contribution in [3.8, 4) is 0 Å². The Kier molecular flexibility index (Phi) is 10.7. The van der Waals surface area contributed by atoms with E-state index in [9.17, 15) is 19.8 Å². The molecule has 5 nitrogen and oxygen atoms in total. The number of hydrogen-bond acceptors (Lipinski definition) is 4. The van der Waals surface area contributed by atoms with Crippen molar-refractivity contribution in [3.05, 3.63) is 12.2 Å². The maximum atomic E-state index is 12.2. The summed E-state index contributed by atoms with van der Waals surface area (Å²) in [5.74, 6) is -0.599. The predicted octanol–water partition coefficient (Wildman–Crippen LogP) is 3.72. The highest BCUT2D eigenvalue weighted by atomic mass is 16.4. The van der Waals surface area contributed by atoms with Crippen LogP contribution in [0, 0.1) is 17.8 Å². The Morgan fingerprint density at radius 3 is 2.62 bits per heavy atom. The van der Waals surface area contributed by atoms with Crippen molar-refractivity contribution < 1.29 is 24.9 Å². The van der Waals surface area contributed by atoms with Crippen LogP contribution in [0.1, 0.15) is 78.1 Å². The monoisotopic (exact) mass is 368 g/mol. The molecular formula is C21H36O5. The maximum absolute atomic E-state index is 12.2. The number of aliphatic carboxylic acids is 1. The quantitative estimate of drug-likeness (QED) is 0.340. The highest BCUT2D eigenvalue weighted by Gasteiger charge is 2.39. The summed E-state index contributed by atoms with van der Waals surface area (Å²) < 4.78 is 0. The average Bonchev–Trinajstić information content (AvgIpc) is 2.82. The number of hydrogen-bond donors (Lipinski definition) is 3. The number of aliphatic hydroxyl groups excluding tert-OH is 2. The number of carbonyl (C=O) groups excluding carboxylic acids is 1. The van der Waals surface area contributed by atoms with Crippen LogP contribution in [0.5, 0.6) is 0 Å². The zero-order chi connectivity index (χ0) is 19.5. The van der Waals surface area contributed by atoms with Crippen LogP contribution in [-0.4, -0.2) is 39.3 Å². The molecule has 1 unspecified atom stereocenters. The highest BCUT2D eigenvalue weighted by molar-refractivity contribution is 5.84. The van der Waals surface area contributed by atoms with Crippen LogP contribution in [0.4, 0.5) is 0 Å².